The molecule has 0 amide bonds. The SMILES string of the molecule is CCCCCCC(CCCC)CC(CC(CCCC)CCCCCC)(OC(=O)CCCCC(=O)O)C(COC(=O)CCCCC(=O)O)OC(=O)CCN(C)C. The number of nitrogens with zero attached hydrogens (tertiary/aromatic N) is 1. The van der Waals surface area contributed by atoms with E-state index in [9.17, 15) is 29.1 Å². The van der Waals surface area contributed by atoms with E-state index in [4.69, 9.17) is 19.3 Å². The molecule has 0 heterocycles. The first-order valence-corrected chi connectivity index (χ1v) is 22.0. The van der Waals surface area contributed by atoms with Gasteiger partial charge in [-0.15, -0.1) is 0 Å². The molecular formula is C44H81NO10. The Labute approximate surface area is 334 Å². The van der Waals surface area contributed by atoms with Crippen LogP contribution in [-0.4, -0.2) is 83.9 Å². The minimum absolute atomic E-state index is 0.0258. The van der Waals surface area contributed by atoms with Gasteiger partial charge in [0.25, 0.3) is 0 Å². The van der Waals surface area contributed by atoms with Crippen molar-refractivity contribution in [2.24, 2.45) is 11.8 Å². The zero-order valence-corrected chi connectivity index (χ0v) is 35.8. The first kappa shape index (κ1) is 52.3. The molecule has 0 aromatic heterocycles. The number of unbranched alkanes of at least 4 members (excludes halogenated alkanes) is 10. The third-order valence-corrected chi connectivity index (χ3v) is 10.5. The molecule has 3 unspecified atom stereocenters. The smallest absolute Gasteiger partial charge is 0.307 e. The van der Waals surface area contributed by atoms with Gasteiger partial charge in [0.1, 0.15) is 6.61 Å². The highest BCUT2D eigenvalue weighted by Crippen LogP contribution is 2.41. The summed E-state index contributed by atoms with van der Waals surface area (Å²) in [6.45, 7) is 8.90. The maximum Gasteiger partial charge on any atom is 0.307 e. The highest BCUT2D eigenvalue weighted by atomic mass is 16.6. The molecule has 0 fully saturated rings. The topological polar surface area (TPSA) is 157 Å². The van der Waals surface area contributed by atoms with Gasteiger partial charge in [0.05, 0.1) is 6.42 Å². The van der Waals surface area contributed by atoms with Crippen molar-refractivity contribution in [3.63, 3.8) is 0 Å². The number of esters is 3. The second-order valence-electron chi connectivity index (χ2n) is 16.1. The normalized spacial score (nSPS) is 14.2. The van der Waals surface area contributed by atoms with Crippen LogP contribution in [0.5, 0.6) is 0 Å². The molecule has 11 nitrogen and oxygen atoms in total. The van der Waals surface area contributed by atoms with E-state index < -0.39 is 41.6 Å². The highest BCUT2D eigenvalue weighted by molar-refractivity contribution is 5.72. The predicted molar refractivity (Wildman–Crippen MR) is 218 cm³/mol. The summed E-state index contributed by atoms with van der Waals surface area (Å²) in [4.78, 5) is 64.9. The summed E-state index contributed by atoms with van der Waals surface area (Å²) in [7, 11) is 3.75. The van der Waals surface area contributed by atoms with Gasteiger partial charge in [-0.1, -0.05) is 130 Å². The van der Waals surface area contributed by atoms with Crippen LogP contribution in [0.15, 0.2) is 0 Å². The number of carbonyl (C=O) groups excluding carboxylic acids is 3. The summed E-state index contributed by atoms with van der Waals surface area (Å²) < 4.78 is 19.0. The van der Waals surface area contributed by atoms with Crippen molar-refractivity contribution in [3.05, 3.63) is 0 Å². The number of carboxylic acids is 2. The highest BCUT2D eigenvalue weighted by Gasteiger charge is 2.48. The van der Waals surface area contributed by atoms with E-state index in [0.717, 1.165) is 103 Å². The van der Waals surface area contributed by atoms with Gasteiger partial charge >= 0.3 is 29.8 Å². The predicted octanol–water partition coefficient (Wildman–Crippen LogP) is 10.3. The van der Waals surface area contributed by atoms with Crippen LogP contribution in [0.1, 0.15) is 201 Å². The third kappa shape index (κ3) is 28.4. The number of hydrogen-bond acceptors (Lipinski definition) is 9. The second kappa shape index (κ2) is 33.4. The van der Waals surface area contributed by atoms with E-state index in [0.29, 0.717) is 45.1 Å². The van der Waals surface area contributed by atoms with Crippen LogP contribution in [0, 0.1) is 11.8 Å². The van der Waals surface area contributed by atoms with E-state index in [2.05, 4.69) is 27.7 Å². The lowest BCUT2D eigenvalue weighted by atomic mass is 9.74. The summed E-state index contributed by atoms with van der Waals surface area (Å²) >= 11 is 0. The lowest BCUT2D eigenvalue weighted by Gasteiger charge is -2.43. The molecule has 0 aliphatic carbocycles. The van der Waals surface area contributed by atoms with Crippen molar-refractivity contribution in [2.75, 3.05) is 27.2 Å². The van der Waals surface area contributed by atoms with Gasteiger partial charge in [0, 0.05) is 32.2 Å². The Kier molecular flexibility index (Phi) is 31.8. The molecule has 0 bridgehead atoms. The zero-order valence-electron chi connectivity index (χ0n) is 35.8. The van der Waals surface area contributed by atoms with Crippen LogP contribution in [-0.2, 0) is 38.2 Å². The van der Waals surface area contributed by atoms with Crippen molar-refractivity contribution in [1.29, 1.82) is 0 Å². The molecule has 0 rings (SSSR count). The summed E-state index contributed by atoms with van der Waals surface area (Å²) in [6.07, 6.45) is 18.0. The van der Waals surface area contributed by atoms with Gasteiger partial charge in [-0.25, -0.2) is 0 Å². The molecule has 2 N–H and O–H groups in total. The molecule has 0 aliphatic rings. The minimum Gasteiger partial charge on any atom is -0.481 e. The van der Waals surface area contributed by atoms with Crippen molar-refractivity contribution in [2.45, 2.75) is 213 Å². The van der Waals surface area contributed by atoms with Crippen LogP contribution in [0.25, 0.3) is 0 Å². The van der Waals surface area contributed by atoms with E-state index in [1.54, 1.807) is 0 Å². The average molecular weight is 784 g/mol. The van der Waals surface area contributed by atoms with E-state index in [-0.39, 0.29) is 50.5 Å². The molecule has 322 valence electrons. The number of ether oxygens (including phenoxy) is 3. The quantitative estimate of drug-likeness (QED) is 0.0349. The fourth-order valence-corrected chi connectivity index (χ4v) is 7.31. The summed E-state index contributed by atoms with van der Waals surface area (Å²) in [5, 5.41) is 18.3. The molecule has 55 heavy (non-hydrogen) atoms. The summed E-state index contributed by atoms with van der Waals surface area (Å²) in [5.41, 5.74) is -1.27. The fraction of sp³-hybridized carbons (Fsp3) is 0.886. The van der Waals surface area contributed by atoms with Crippen LogP contribution in [0.2, 0.25) is 0 Å². The van der Waals surface area contributed by atoms with Crippen molar-refractivity contribution < 1.29 is 48.4 Å². The first-order chi connectivity index (χ1) is 26.3. The van der Waals surface area contributed by atoms with Crippen LogP contribution in [0.3, 0.4) is 0 Å². The zero-order chi connectivity index (χ0) is 41.3. The van der Waals surface area contributed by atoms with E-state index >= 15 is 0 Å². The van der Waals surface area contributed by atoms with Crippen LogP contribution in [0.4, 0.5) is 0 Å². The van der Waals surface area contributed by atoms with Crippen LogP contribution >= 0.6 is 0 Å². The standard InChI is InChI=1S/C44H81NO10/c1-7-11-15-17-25-36(23-13-9-3)33-44(55-43(52)30-22-20-28-40(48)49,34-37(24-14-10-4)26-18-16-12-8-2)38(54-42(51)31-32-45(5)6)35-53-41(50)29-21-19-27-39(46)47/h36-38H,7-35H2,1-6H3,(H,46,47)(H,48,49). The number of carboxylic acid groups (broad SMARTS) is 2. The van der Waals surface area contributed by atoms with Gasteiger partial charge < -0.3 is 29.3 Å². The molecule has 0 saturated heterocycles. The van der Waals surface area contributed by atoms with Crippen molar-refractivity contribution in [1.82, 2.24) is 4.90 Å². The van der Waals surface area contributed by atoms with E-state index in [1.165, 1.54) is 0 Å². The summed E-state index contributed by atoms with van der Waals surface area (Å²) in [5.74, 6) is -2.92. The molecule has 0 aliphatic heterocycles. The third-order valence-electron chi connectivity index (χ3n) is 10.5. The largest absolute Gasteiger partial charge is 0.481 e. The van der Waals surface area contributed by atoms with Gasteiger partial charge in [-0.05, 0) is 64.5 Å². The maximum absolute atomic E-state index is 14.0. The maximum atomic E-state index is 14.0. The van der Waals surface area contributed by atoms with Crippen molar-refractivity contribution >= 4 is 29.8 Å². The molecule has 0 saturated carbocycles. The lowest BCUT2D eigenvalue weighted by Crippen LogP contribution is -2.53. The lowest BCUT2D eigenvalue weighted by molar-refractivity contribution is -0.203. The fourth-order valence-electron chi connectivity index (χ4n) is 7.31. The number of carbonyl (C=O) groups is 5. The second-order valence-corrected chi connectivity index (χ2v) is 16.1. The molecule has 0 aromatic rings. The number of aliphatic carboxylic acids is 2. The Bertz CT molecular complexity index is 1010. The Morgan fingerprint density at radius 2 is 0.964 bits per heavy atom. The van der Waals surface area contributed by atoms with Crippen molar-refractivity contribution in [3.8, 4) is 0 Å². The van der Waals surface area contributed by atoms with Gasteiger partial charge in [0.15, 0.2) is 11.7 Å². The number of rotatable bonds is 38. The van der Waals surface area contributed by atoms with Gasteiger partial charge in [-0.2, -0.15) is 0 Å². The Morgan fingerprint density at radius 1 is 0.527 bits per heavy atom. The monoisotopic (exact) mass is 784 g/mol. The molecule has 3 atom stereocenters. The Morgan fingerprint density at radius 3 is 1.40 bits per heavy atom. The molecular weight excluding hydrogens is 702 g/mol. The average Bonchev–Trinajstić information content (AvgIpc) is 3.13. The molecule has 0 aromatic carbocycles. The molecule has 11 heteroatoms. The molecule has 0 spiro atoms. The minimum atomic E-state index is -1.27. The summed E-state index contributed by atoms with van der Waals surface area (Å²) in [6, 6.07) is 0. The van der Waals surface area contributed by atoms with E-state index in [1.807, 2.05) is 19.0 Å². The number of hydrogen-bond donors (Lipinski definition) is 2. The first-order valence-electron chi connectivity index (χ1n) is 22.0. The Hall–Kier alpha value is -2.69. The molecule has 0 radical (unpaired) electrons. The van der Waals surface area contributed by atoms with Gasteiger partial charge in [0.2, 0.25) is 0 Å². The Balaban J connectivity index is 7.23. The van der Waals surface area contributed by atoms with Gasteiger partial charge in [-0.3, -0.25) is 24.0 Å². The van der Waals surface area contributed by atoms with Crippen LogP contribution < -0.4 is 0 Å².